The van der Waals surface area contributed by atoms with Crippen LogP contribution in [0.25, 0.3) is 11.3 Å². The number of hydrogen-bond donors (Lipinski definition) is 4. The largest absolute Gasteiger partial charge is 0.497 e. The molecule has 5 rings (SSSR count). The van der Waals surface area contributed by atoms with Crippen molar-refractivity contribution >= 4 is 41.4 Å². The highest BCUT2D eigenvalue weighted by Crippen LogP contribution is 2.23. The lowest BCUT2D eigenvalue weighted by Gasteiger charge is -2.10. The van der Waals surface area contributed by atoms with Crippen LogP contribution in [0.3, 0.4) is 0 Å². The quantitative estimate of drug-likeness (QED) is 0.132. The summed E-state index contributed by atoms with van der Waals surface area (Å²) in [6.45, 7) is 0. The number of furan rings is 1. The number of ether oxygens (including phenoxy) is 1. The number of carboxylic acid groups (broad SMARTS) is 1. The second kappa shape index (κ2) is 11.6. The van der Waals surface area contributed by atoms with Gasteiger partial charge in [-0.15, -0.1) is 0 Å². The number of hydrogen-bond acceptors (Lipinski definition) is 10. The van der Waals surface area contributed by atoms with Crippen molar-refractivity contribution in [3.63, 3.8) is 0 Å². The number of aromatic nitrogens is 3. The third kappa shape index (κ3) is 6.54. The maximum Gasteiger partial charge on any atom is 0.335 e. The Hall–Kier alpha value is -5.71. The van der Waals surface area contributed by atoms with Crippen molar-refractivity contribution < 1.29 is 19.1 Å². The molecule has 3 aromatic carbocycles. The highest BCUT2D eigenvalue weighted by molar-refractivity contribution is 5.88. The van der Waals surface area contributed by atoms with Crippen LogP contribution in [0.2, 0.25) is 0 Å². The molecule has 0 unspecified atom stereocenters. The maximum absolute atomic E-state index is 11.1. The standard InChI is InChI=1S/C28H23N7O4/c1-38-22-13-11-21(12-14-22)31-27-32-26(30-20-5-3-2-4-6-20)33-28(34-27)35-29-17-23-15-16-24(39-23)18-7-9-19(10-8-18)25(36)37/h2-17H,1H3,(H,36,37)(H3,30,31,32,33,34,35)/b29-17+. The topological polar surface area (TPSA) is 147 Å². The van der Waals surface area contributed by atoms with E-state index >= 15 is 0 Å². The molecule has 194 valence electrons. The Morgan fingerprint density at radius 1 is 0.821 bits per heavy atom. The number of methoxy groups -OCH3 is 1. The molecule has 0 aliphatic rings. The molecule has 0 aliphatic heterocycles. The van der Waals surface area contributed by atoms with Gasteiger partial charge in [0.1, 0.15) is 17.3 Å². The molecular weight excluding hydrogens is 498 g/mol. The van der Waals surface area contributed by atoms with E-state index in [1.165, 1.54) is 18.3 Å². The van der Waals surface area contributed by atoms with Gasteiger partial charge in [-0.2, -0.15) is 20.1 Å². The first-order valence-electron chi connectivity index (χ1n) is 11.8. The molecule has 0 saturated carbocycles. The van der Waals surface area contributed by atoms with Crippen LogP contribution in [0.4, 0.5) is 29.2 Å². The average Bonchev–Trinajstić information content (AvgIpc) is 3.43. The van der Waals surface area contributed by atoms with E-state index in [2.05, 4.69) is 36.1 Å². The van der Waals surface area contributed by atoms with E-state index in [0.29, 0.717) is 23.4 Å². The van der Waals surface area contributed by atoms with Crippen LogP contribution in [0.1, 0.15) is 16.1 Å². The van der Waals surface area contributed by atoms with E-state index in [0.717, 1.165) is 22.7 Å². The fourth-order valence-electron chi connectivity index (χ4n) is 3.50. The fraction of sp³-hybridized carbons (Fsp3) is 0.0357. The highest BCUT2D eigenvalue weighted by Gasteiger charge is 2.09. The fourth-order valence-corrected chi connectivity index (χ4v) is 3.50. The third-order valence-electron chi connectivity index (χ3n) is 5.41. The summed E-state index contributed by atoms with van der Waals surface area (Å²) in [6, 6.07) is 26.8. The Balaban J connectivity index is 1.32. The molecule has 11 nitrogen and oxygen atoms in total. The zero-order valence-corrected chi connectivity index (χ0v) is 20.7. The van der Waals surface area contributed by atoms with Crippen LogP contribution in [0, 0.1) is 0 Å². The number of hydrazone groups is 1. The van der Waals surface area contributed by atoms with Crippen LogP contribution in [0.15, 0.2) is 101 Å². The van der Waals surface area contributed by atoms with E-state index in [1.54, 1.807) is 31.4 Å². The van der Waals surface area contributed by atoms with Gasteiger partial charge in [-0.05, 0) is 60.7 Å². The van der Waals surface area contributed by atoms with Crippen LogP contribution in [-0.4, -0.2) is 39.4 Å². The van der Waals surface area contributed by atoms with Gasteiger partial charge in [-0.3, -0.25) is 0 Å². The van der Waals surface area contributed by atoms with Crippen molar-refractivity contribution in [3.05, 3.63) is 102 Å². The number of nitrogens with one attached hydrogen (secondary N) is 3. The first kappa shape index (κ1) is 25.0. The summed E-state index contributed by atoms with van der Waals surface area (Å²) in [5, 5.41) is 19.6. The Kier molecular flexibility index (Phi) is 7.40. The molecule has 0 saturated heterocycles. The summed E-state index contributed by atoms with van der Waals surface area (Å²) in [6.07, 6.45) is 1.49. The molecule has 0 radical (unpaired) electrons. The molecule has 4 N–H and O–H groups in total. The summed E-state index contributed by atoms with van der Waals surface area (Å²) in [4.78, 5) is 24.3. The van der Waals surface area contributed by atoms with Crippen molar-refractivity contribution in [3.8, 4) is 17.1 Å². The summed E-state index contributed by atoms with van der Waals surface area (Å²) in [5.74, 6) is 1.63. The van der Waals surface area contributed by atoms with Crippen LogP contribution in [0.5, 0.6) is 5.75 Å². The molecule has 11 heteroatoms. The zero-order chi connectivity index (χ0) is 27.0. The Morgan fingerprint density at radius 3 is 2.10 bits per heavy atom. The summed E-state index contributed by atoms with van der Waals surface area (Å²) >= 11 is 0. The van der Waals surface area contributed by atoms with Crippen LogP contribution in [-0.2, 0) is 0 Å². The van der Waals surface area contributed by atoms with Crippen LogP contribution >= 0.6 is 0 Å². The van der Waals surface area contributed by atoms with Crippen molar-refractivity contribution in [1.82, 2.24) is 15.0 Å². The van der Waals surface area contributed by atoms with E-state index in [1.807, 2.05) is 54.6 Å². The number of rotatable bonds is 10. The lowest BCUT2D eigenvalue weighted by atomic mass is 10.1. The van der Waals surface area contributed by atoms with Gasteiger partial charge >= 0.3 is 5.97 Å². The highest BCUT2D eigenvalue weighted by atomic mass is 16.5. The number of benzene rings is 3. The van der Waals surface area contributed by atoms with E-state index < -0.39 is 5.97 Å². The van der Waals surface area contributed by atoms with Gasteiger partial charge < -0.3 is 24.9 Å². The van der Waals surface area contributed by atoms with E-state index in [-0.39, 0.29) is 11.5 Å². The van der Waals surface area contributed by atoms with Gasteiger partial charge in [0.15, 0.2) is 0 Å². The van der Waals surface area contributed by atoms with Gasteiger partial charge in [0, 0.05) is 16.9 Å². The molecule has 2 heterocycles. The molecule has 0 bridgehead atoms. The van der Waals surface area contributed by atoms with Crippen molar-refractivity contribution in [2.75, 3.05) is 23.2 Å². The first-order valence-corrected chi connectivity index (χ1v) is 11.8. The van der Waals surface area contributed by atoms with Gasteiger partial charge in [-0.25, -0.2) is 10.2 Å². The molecule has 0 fully saturated rings. The lowest BCUT2D eigenvalue weighted by Crippen LogP contribution is -2.07. The van der Waals surface area contributed by atoms with Crippen LogP contribution < -0.4 is 20.8 Å². The maximum atomic E-state index is 11.1. The monoisotopic (exact) mass is 521 g/mol. The minimum absolute atomic E-state index is 0.201. The molecule has 0 spiro atoms. The van der Waals surface area contributed by atoms with Gasteiger partial charge in [-0.1, -0.05) is 30.3 Å². The molecule has 2 aromatic heterocycles. The normalized spacial score (nSPS) is 10.8. The lowest BCUT2D eigenvalue weighted by molar-refractivity contribution is 0.0697. The number of carbonyl (C=O) groups is 1. The summed E-state index contributed by atoms with van der Waals surface area (Å²) in [5.41, 5.74) is 5.34. The molecule has 39 heavy (non-hydrogen) atoms. The molecule has 0 atom stereocenters. The smallest absolute Gasteiger partial charge is 0.335 e. The first-order chi connectivity index (χ1) is 19.1. The predicted molar refractivity (Wildman–Crippen MR) is 148 cm³/mol. The van der Waals surface area contributed by atoms with Crippen molar-refractivity contribution in [1.29, 1.82) is 0 Å². The van der Waals surface area contributed by atoms with Gasteiger partial charge in [0.2, 0.25) is 17.8 Å². The number of aromatic carboxylic acids is 1. The third-order valence-corrected chi connectivity index (χ3v) is 5.41. The van der Waals surface area contributed by atoms with Crippen molar-refractivity contribution in [2.24, 2.45) is 5.10 Å². The summed E-state index contributed by atoms with van der Waals surface area (Å²) < 4.78 is 11.0. The number of anilines is 5. The second-order valence-electron chi connectivity index (χ2n) is 8.11. The second-order valence-corrected chi connectivity index (χ2v) is 8.11. The van der Waals surface area contributed by atoms with E-state index in [4.69, 9.17) is 14.3 Å². The number of para-hydroxylation sites is 1. The predicted octanol–water partition coefficient (Wildman–Crippen LogP) is 5.77. The average molecular weight is 522 g/mol. The Morgan fingerprint density at radius 2 is 1.46 bits per heavy atom. The van der Waals surface area contributed by atoms with E-state index in [9.17, 15) is 4.79 Å². The SMILES string of the molecule is COc1ccc(Nc2nc(N/N=C/c3ccc(-c4ccc(C(=O)O)cc4)o3)nc(Nc3ccccc3)n2)cc1. The van der Waals surface area contributed by atoms with Gasteiger partial charge in [0.25, 0.3) is 0 Å². The minimum Gasteiger partial charge on any atom is -0.497 e. The Bertz CT molecular complexity index is 1590. The molecule has 0 aliphatic carbocycles. The Labute approximate surface area is 223 Å². The number of nitrogens with zero attached hydrogens (tertiary/aromatic N) is 4. The van der Waals surface area contributed by atoms with Crippen molar-refractivity contribution in [2.45, 2.75) is 0 Å². The zero-order valence-electron chi connectivity index (χ0n) is 20.7. The van der Waals surface area contributed by atoms with Gasteiger partial charge in [0.05, 0.1) is 18.9 Å². The molecule has 5 aromatic rings. The molecular formula is C28H23N7O4. The minimum atomic E-state index is -0.984. The number of carboxylic acids is 1. The molecule has 0 amide bonds. The summed E-state index contributed by atoms with van der Waals surface area (Å²) in [7, 11) is 1.61.